The quantitative estimate of drug-likeness (QED) is 0.771. The highest BCUT2D eigenvalue weighted by atomic mass is 19.4. The number of amides is 3. The van der Waals surface area contributed by atoms with Gasteiger partial charge < -0.3 is 16.0 Å². The number of alkyl halides is 3. The van der Waals surface area contributed by atoms with Gasteiger partial charge in [0.2, 0.25) is 5.91 Å². The van der Waals surface area contributed by atoms with Gasteiger partial charge in [-0.25, -0.2) is 4.79 Å². The Morgan fingerprint density at radius 3 is 2.83 bits per heavy atom. The number of aryl methyl sites for hydroxylation is 1. The van der Waals surface area contributed by atoms with Crippen LogP contribution in [0.15, 0.2) is 12.4 Å². The summed E-state index contributed by atoms with van der Waals surface area (Å²) in [4.78, 5) is 23.6. The fraction of sp³-hybridized carbons (Fsp3) is 0.615. The summed E-state index contributed by atoms with van der Waals surface area (Å²) in [5, 5.41) is 10.4. The van der Waals surface area contributed by atoms with Gasteiger partial charge in [0.15, 0.2) is 6.04 Å². The van der Waals surface area contributed by atoms with Crippen molar-refractivity contribution in [2.45, 2.75) is 37.5 Å². The number of nitrogens with one attached hydrogen (secondary N) is 3. The van der Waals surface area contributed by atoms with Crippen molar-refractivity contribution in [1.29, 1.82) is 0 Å². The zero-order chi connectivity index (χ0) is 17.0. The van der Waals surface area contributed by atoms with Crippen LogP contribution in [-0.2, 0) is 11.8 Å². The fourth-order valence-electron chi connectivity index (χ4n) is 2.35. The van der Waals surface area contributed by atoms with Gasteiger partial charge in [0.05, 0.1) is 6.20 Å². The van der Waals surface area contributed by atoms with E-state index < -0.39 is 24.3 Å². The van der Waals surface area contributed by atoms with Crippen molar-refractivity contribution in [3.63, 3.8) is 0 Å². The number of halogens is 3. The maximum absolute atomic E-state index is 13.1. The van der Waals surface area contributed by atoms with Crippen LogP contribution in [0, 0.1) is 0 Å². The summed E-state index contributed by atoms with van der Waals surface area (Å²) >= 11 is 0. The van der Waals surface area contributed by atoms with Crippen LogP contribution in [-0.4, -0.2) is 40.5 Å². The molecule has 2 heterocycles. The second kappa shape index (κ2) is 6.88. The first-order valence-corrected chi connectivity index (χ1v) is 7.17. The van der Waals surface area contributed by atoms with E-state index in [1.54, 1.807) is 0 Å². The summed E-state index contributed by atoms with van der Waals surface area (Å²) in [5.41, 5.74) is -0.180. The Morgan fingerprint density at radius 2 is 2.22 bits per heavy atom. The summed E-state index contributed by atoms with van der Waals surface area (Å²) in [6, 6.07) is -4.07. The molecule has 1 aliphatic rings. The number of hydrogen-bond acceptors (Lipinski definition) is 3. The first-order valence-electron chi connectivity index (χ1n) is 7.17. The molecule has 3 N–H and O–H groups in total. The van der Waals surface area contributed by atoms with Crippen LogP contribution >= 0.6 is 0 Å². The summed E-state index contributed by atoms with van der Waals surface area (Å²) < 4.78 is 40.6. The average Bonchev–Trinajstić information content (AvgIpc) is 2.77. The van der Waals surface area contributed by atoms with Crippen LogP contribution in [0.2, 0.25) is 0 Å². The monoisotopic (exact) mass is 333 g/mol. The summed E-state index contributed by atoms with van der Waals surface area (Å²) in [5.74, 6) is -0.386. The zero-order valence-electron chi connectivity index (χ0n) is 12.5. The van der Waals surface area contributed by atoms with Gasteiger partial charge in [-0.1, -0.05) is 0 Å². The normalized spacial score (nSPS) is 20.3. The van der Waals surface area contributed by atoms with Crippen molar-refractivity contribution >= 4 is 11.9 Å². The number of rotatable bonds is 3. The van der Waals surface area contributed by atoms with Crippen LogP contribution in [0.1, 0.15) is 30.9 Å². The first-order chi connectivity index (χ1) is 10.8. The topological polar surface area (TPSA) is 88.0 Å². The van der Waals surface area contributed by atoms with Crippen LogP contribution in [0.25, 0.3) is 0 Å². The van der Waals surface area contributed by atoms with E-state index in [1.165, 1.54) is 17.9 Å². The summed E-state index contributed by atoms with van der Waals surface area (Å²) in [6.45, 7) is 0.499. The molecule has 0 saturated carbocycles. The number of urea groups is 1. The molecule has 1 aliphatic heterocycles. The SMILES string of the molecule is Cn1cc([C@H](NC(=O)N[C@@H]2CCCCNC2=O)C(F)(F)F)cn1. The van der Waals surface area contributed by atoms with Gasteiger partial charge >= 0.3 is 12.2 Å². The van der Waals surface area contributed by atoms with E-state index in [2.05, 4.69) is 15.7 Å². The van der Waals surface area contributed by atoms with Crippen molar-refractivity contribution < 1.29 is 22.8 Å². The Bertz CT molecular complexity index is 572. The number of carbonyl (C=O) groups is 2. The lowest BCUT2D eigenvalue weighted by atomic mass is 10.1. The minimum Gasteiger partial charge on any atom is -0.354 e. The molecule has 1 aromatic heterocycles. The molecule has 7 nitrogen and oxygen atoms in total. The van der Waals surface area contributed by atoms with Crippen molar-refractivity contribution in [2.75, 3.05) is 6.54 Å². The van der Waals surface area contributed by atoms with Gasteiger partial charge in [-0.2, -0.15) is 18.3 Å². The van der Waals surface area contributed by atoms with E-state index in [0.717, 1.165) is 12.6 Å². The molecule has 0 radical (unpaired) electrons. The molecule has 2 rings (SSSR count). The molecule has 10 heteroatoms. The molecule has 128 valence electrons. The lowest BCUT2D eigenvalue weighted by molar-refractivity contribution is -0.155. The maximum atomic E-state index is 13.1. The minimum absolute atomic E-state index is 0.180. The highest BCUT2D eigenvalue weighted by Crippen LogP contribution is 2.32. The Balaban J connectivity index is 2.04. The molecule has 0 aliphatic carbocycles. The van der Waals surface area contributed by atoms with Crippen LogP contribution in [0.5, 0.6) is 0 Å². The average molecular weight is 333 g/mol. The Hall–Kier alpha value is -2.26. The molecule has 1 aromatic rings. The van der Waals surface area contributed by atoms with Crippen molar-refractivity contribution in [2.24, 2.45) is 7.05 Å². The van der Waals surface area contributed by atoms with Gasteiger partial charge in [0.25, 0.3) is 0 Å². The molecule has 0 aromatic carbocycles. The highest BCUT2D eigenvalue weighted by Gasteiger charge is 2.43. The van der Waals surface area contributed by atoms with Crippen LogP contribution in [0.4, 0.5) is 18.0 Å². The largest absolute Gasteiger partial charge is 0.413 e. The Morgan fingerprint density at radius 1 is 1.48 bits per heavy atom. The van der Waals surface area contributed by atoms with E-state index in [9.17, 15) is 22.8 Å². The number of nitrogens with zero attached hydrogens (tertiary/aromatic N) is 2. The molecular weight excluding hydrogens is 315 g/mol. The molecule has 1 fully saturated rings. The van der Waals surface area contributed by atoms with E-state index in [-0.39, 0.29) is 11.5 Å². The third-order valence-corrected chi connectivity index (χ3v) is 3.50. The Kier molecular flexibility index (Phi) is 5.12. The van der Waals surface area contributed by atoms with Crippen LogP contribution < -0.4 is 16.0 Å². The smallest absolute Gasteiger partial charge is 0.354 e. The van der Waals surface area contributed by atoms with Gasteiger partial charge in [0.1, 0.15) is 6.04 Å². The van der Waals surface area contributed by atoms with Gasteiger partial charge in [-0.3, -0.25) is 9.48 Å². The van der Waals surface area contributed by atoms with Crippen molar-refractivity contribution in [1.82, 2.24) is 25.7 Å². The number of hydrogen-bond donors (Lipinski definition) is 3. The highest BCUT2D eigenvalue weighted by molar-refractivity contribution is 5.87. The maximum Gasteiger partial charge on any atom is 0.413 e. The van der Waals surface area contributed by atoms with Gasteiger partial charge in [0, 0.05) is 25.4 Å². The molecule has 0 unspecified atom stereocenters. The third kappa shape index (κ3) is 4.60. The summed E-state index contributed by atoms with van der Waals surface area (Å²) in [7, 11) is 1.48. The lowest BCUT2D eigenvalue weighted by Crippen LogP contribution is -2.51. The minimum atomic E-state index is -4.67. The molecule has 2 atom stereocenters. The second-order valence-corrected chi connectivity index (χ2v) is 5.38. The number of aromatic nitrogens is 2. The fourth-order valence-corrected chi connectivity index (χ4v) is 2.35. The predicted molar refractivity (Wildman–Crippen MR) is 74.3 cm³/mol. The van der Waals surface area contributed by atoms with Gasteiger partial charge in [-0.05, 0) is 19.3 Å². The van der Waals surface area contributed by atoms with E-state index >= 15 is 0 Å². The third-order valence-electron chi connectivity index (χ3n) is 3.50. The lowest BCUT2D eigenvalue weighted by Gasteiger charge is -2.22. The van der Waals surface area contributed by atoms with Crippen molar-refractivity contribution in [3.05, 3.63) is 18.0 Å². The van der Waals surface area contributed by atoms with Gasteiger partial charge in [-0.15, -0.1) is 0 Å². The zero-order valence-corrected chi connectivity index (χ0v) is 12.5. The summed E-state index contributed by atoms with van der Waals surface area (Å²) in [6.07, 6.45) is -0.593. The van der Waals surface area contributed by atoms with E-state index in [0.29, 0.717) is 19.4 Å². The molecule has 23 heavy (non-hydrogen) atoms. The van der Waals surface area contributed by atoms with Crippen molar-refractivity contribution in [3.8, 4) is 0 Å². The van der Waals surface area contributed by atoms with Crippen LogP contribution in [0.3, 0.4) is 0 Å². The number of carbonyl (C=O) groups excluding carboxylic acids is 2. The standard InChI is InChI=1S/C13H18F3N5O2/c1-21-7-8(6-18-21)10(13(14,15)16)20-12(23)19-9-4-2-3-5-17-11(9)22/h6-7,9-10H,2-5H2,1H3,(H,17,22)(H2,19,20,23)/t9-,10+/m1/s1. The molecule has 3 amide bonds. The van der Waals surface area contributed by atoms with E-state index in [4.69, 9.17) is 0 Å². The Labute approximate surface area is 130 Å². The molecular formula is C13H18F3N5O2. The molecule has 1 saturated heterocycles. The second-order valence-electron chi connectivity index (χ2n) is 5.38. The molecule has 0 spiro atoms. The predicted octanol–water partition coefficient (Wildman–Crippen LogP) is 0.991. The molecule has 0 bridgehead atoms. The first kappa shape index (κ1) is 17.1. The van der Waals surface area contributed by atoms with E-state index in [1.807, 2.05) is 5.32 Å².